The minimum Gasteiger partial charge on any atom is -0.482 e. The Kier molecular flexibility index (Phi) is 2.79. The summed E-state index contributed by atoms with van der Waals surface area (Å²) < 4.78 is 5.39. The van der Waals surface area contributed by atoms with E-state index >= 15 is 0 Å². The third kappa shape index (κ3) is 2.22. The minimum atomic E-state index is -0.0937. The van der Waals surface area contributed by atoms with Crippen LogP contribution in [0.5, 0.6) is 5.75 Å². The Labute approximate surface area is 110 Å². The third-order valence-corrected chi connectivity index (χ3v) is 2.97. The molecule has 0 fully saturated rings. The molecule has 19 heavy (non-hydrogen) atoms. The van der Waals surface area contributed by atoms with Gasteiger partial charge in [0.25, 0.3) is 5.91 Å². The zero-order valence-electron chi connectivity index (χ0n) is 10.2. The Morgan fingerprint density at radius 1 is 1.32 bits per heavy atom. The molecule has 2 aromatic rings. The van der Waals surface area contributed by atoms with Crippen LogP contribution >= 0.6 is 0 Å². The van der Waals surface area contributed by atoms with Gasteiger partial charge in [-0.25, -0.2) is 0 Å². The van der Waals surface area contributed by atoms with Crippen LogP contribution in [0.15, 0.2) is 42.6 Å². The van der Waals surface area contributed by atoms with E-state index in [0.29, 0.717) is 23.7 Å². The number of hydrogen-bond acceptors (Lipinski definition) is 4. The van der Waals surface area contributed by atoms with Gasteiger partial charge >= 0.3 is 0 Å². The molecule has 3 rings (SSSR count). The van der Waals surface area contributed by atoms with Gasteiger partial charge in [-0.05, 0) is 30.3 Å². The topological polar surface area (TPSA) is 68.5 Å². The SMILES string of the molecule is Nc1ccc2c(c1)N(Cc1ccccn1)C(=O)CO2. The van der Waals surface area contributed by atoms with Gasteiger partial charge < -0.3 is 10.5 Å². The van der Waals surface area contributed by atoms with E-state index in [1.807, 2.05) is 18.2 Å². The number of benzene rings is 1. The van der Waals surface area contributed by atoms with Crippen LogP contribution in [0.25, 0.3) is 0 Å². The molecule has 0 radical (unpaired) electrons. The number of pyridine rings is 1. The Morgan fingerprint density at radius 2 is 2.21 bits per heavy atom. The van der Waals surface area contributed by atoms with E-state index in [4.69, 9.17) is 10.5 Å². The van der Waals surface area contributed by atoms with Crippen molar-refractivity contribution in [3.63, 3.8) is 0 Å². The number of aromatic nitrogens is 1. The Balaban J connectivity index is 1.97. The smallest absolute Gasteiger partial charge is 0.265 e. The first-order chi connectivity index (χ1) is 9.24. The molecule has 0 spiro atoms. The molecule has 5 heteroatoms. The summed E-state index contributed by atoms with van der Waals surface area (Å²) in [6.45, 7) is 0.462. The summed E-state index contributed by atoms with van der Waals surface area (Å²) in [5.74, 6) is 0.577. The second kappa shape index (κ2) is 4.61. The fourth-order valence-corrected chi connectivity index (χ4v) is 2.05. The first kappa shape index (κ1) is 11.5. The Morgan fingerprint density at radius 3 is 3.00 bits per heavy atom. The van der Waals surface area contributed by atoms with Crippen molar-refractivity contribution < 1.29 is 9.53 Å². The number of carbonyl (C=O) groups excluding carboxylic acids is 1. The van der Waals surface area contributed by atoms with Crippen LogP contribution in [-0.4, -0.2) is 17.5 Å². The lowest BCUT2D eigenvalue weighted by atomic mass is 10.2. The Bertz CT molecular complexity index is 613. The number of carbonyl (C=O) groups is 1. The molecule has 0 saturated heterocycles. The highest BCUT2D eigenvalue weighted by molar-refractivity contribution is 5.98. The van der Waals surface area contributed by atoms with Gasteiger partial charge in [-0.3, -0.25) is 14.7 Å². The summed E-state index contributed by atoms with van der Waals surface area (Å²) in [7, 11) is 0. The molecule has 0 atom stereocenters. The number of fused-ring (bicyclic) bond motifs is 1. The maximum atomic E-state index is 12.0. The fourth-order valence-electron chi connectivity index (χ4n) is 2.05. The van der Waals surface area contributed by atoms with Crippen LogP contribution in [0, 0.1) is 0 Å². The van der Waals surface area contributed by atoms with Crippen LogP contribution in [0.1, 0.15) is 5.69 Å². The van der Waals surface area contributed by atoms with E-state index in [9.17, 15) is 4.79 Å². The lowest BCUT2D eigenvalue weighted by Gasteiger charge is -2.29. The number of amides is 1. The predicted molar refractivity (Wildman–Crippen MR) is 71.8 cm³/mol. The highest BCUT2D eigenvalue weighted by Crippen LogP contribution is 2.34. The molecule has 1 aromatic heterocycles. The molecule has 0 saturated carbocycles. The van der Waals surface area contributed by atoms with Gasteiger partial charge in [0, 0.05) is 11.9 Å². The molecule has 0 unspecified atom stereocenters. The summed E-state index contributed by atoms with van der Waals surface area (Å²) in [5, 5.41) is 0. The molecule has 1 aliphatic heterocycles. The second-order valence-electron chi connectivity index (χ2n) is 4.32. The summed E-state index contributed by atoms with van der Waals surface area (Å²) >= 11 is 0. The molecule has 0 aliphatic carbocycles. The molecular weight excluding hydrogens is 242 g/mol. The maximum absolute atomic E-state index is 12.0. The Hall–Kier alpha value is -2.56. The van der Waals surface area contributed by atoms with Gasteiger partial charge in [0.15, 0.2) is 6.61 Å². The number of hydrogen-bond donors (Lipinski definition) is 1. The lowest BCUT2D eigenvalue weighted by molar-refractivity contribution is -0.121. The number of nitrogens with zero attached hydrogens (tertiary/aromatic N) is 2. The lowest BCUT2D eigenvalue weighted by Crippen LogP contribution is -2.38. The predicted octanol–water partition coefficient (Wildman–Crippen LogP) is 1.59. The standard InChI is InChI=1S/C14H13N3O2/c15-10-4-5-13-12(7-10)17(14(18)9-19-13)8-11-3-1-2-6-16-11/h1-7H,8-9,15H2. The monoisotopic (exact) mass is 255 g/mol. The second-order valence-corrected chi connectivity index (χ2v) is 4.32. The number of anilines is 2. The van der Waals surface area contributed by atoms with Crippen molar-refractivity contribution in [2.75, 3.05) is 17.2 Å². The van der Waals surface area contributed by atoms with E-state index in [1.165, 1.54) is 0 Å². The van der Waals surface area contributed by atoms with Crippen molar-refractivity contribution in [1.29, 1.82) is 0 Å². The van der Waals surface area contributed by atoms with Crippen LogP contribution in [0.4, 0.5) is 11.4 Å². The van der Waals surface area contributed by atoms with Crippen molar-refractivity contribution in [2.24, 2.45) is 0 Å². The number of ether oxygens (including phenoxy) is 1. The van der Waals surface area contributed by atoms with Gasteiger partial charge in [0.2, 0.25) is 0 Å². The third-order valence-electron chi connectivity index (χ3n) is 2.97. The molecule has 2 heterocycles. The number of rotatable bonds is 2. The highest BCUT2D eigenvalue weighted by atomic mass is 16.5. The van der Waals surface area contributed by atoms with Crippen LogP contribution in [0.3, 0.4) is 0 Å². The maximum Gasteiger partial charge on any atom is 0.265 e. The van der Waals surface area contributed by atoms with Gasteiger partial charge in [-0.15, -0.1) is 0 Å². The van der Waals surface area contributed by atoms with Crippen molar-refractivity contribution in [2.45, 2.75) is 6.54 Å². The molecule has 2 N–H and O–H groups in total. The van der Waals surface area contributed by atoms with Crippen molar-refractivity contribution >= 4 is 17.3 Å². The molecule has 1 aliphatic rings. The van der Waals surface area contributed by atoms with Crippen LogP contribution < -0.4 is 15.4 Å². The average molecular weight is 255 g/mol. The zero-order valence-corrected chi connectivity index (χ0v) is 10.2. The van der Waals surface area contributed by atoms with Gasteiger partial charge in [0.1, 0.15) is 5.75 Å². The van der Waals surface area contributed by atoms with Gasteiger partial charge in [-0.1, -0.05) is 6.07 Å². The summed E-state index contributed by atoms with van der Waals surface area (Å²) in [5.41, 5.74) is 7.90. The van der Waals surface area contributed by atoms with E-state index in [-0.39, 0.29) is 12.5 Å². The van der Waals surface area contributed by atoms with E-state index < -0.39 is 0 Å². The van der Waals surface area contributed by atoms with E-state index in [2.05, 4.69) is 4.98 Å². The summed E-state index contributed by atoms with van der Waals surface area (Å²) in [6, 6.07) is 10.9. The zero-order chi connectivity index (χ0) is 13.2. The van der Waals surface area contributed by atoms with Crippen molar-refractivity contribution in [3.05, 3.63) is 48.3 Å². The average Bonchev–Trinajstić information content (AvgIpc) is 2.43. The fraction of sp³-hybridized carbons (Fsp3) is 0.143. The summed E-state index contributed by atoms with van der Waals surface area (Å²) in [6.07, 6.45) is 1.71. The van der Waals surface area contributed by atoms with E-state index in [0.717, 1.165) is 5.69 Å². The number of nitrogen functional groups attached to an aromatic ring is 1. The first-order valence-electron chi connectivity index (χ1n) is 5.96. The highest BCUT2D eigenvalue weighted by Gasteiger charge is 2.25. The molecule has 5 nitrogen and oxygen atoms in total. The molecule has 96 valence electrons. The molecule has 1 amide bonds. The molecule has 1 aromatic carbocycles. The molecule has 0 bridgehead atoms. The minimum absolute atomic E-state index is 0.0454. The van der Waals surface area contributed by atoms with E-state index in [1.54, 1.807) is 29.3 Å². The quantitative estimate of drug-likeness (QED) is 0.827. The number of nitrogens with two attached hydrogens (primary N) is 1. The van der Waals surface area contributed by atoms with Gasteiger partial charge in [0.05, 0.1) is 17.9 Å². The van der Waals surface area contributed by atoms with Crippen molar-refractivity contribution in [1.82, 2.24) is 4.98 Å². The summed E-state index contributed by atoms with van der Waals surface area (Å²) in [4.78, 5) is 17.9. The first-order valence-corrected chi connectivity index (χ1v) is 5.96. The van der Waals surface area contributed by atoms with Crippen LogP contribution in [-0.2, 0) is 11.3 Å². The van der Waals surface area contributed by atoms with Crippen LogP contribution in [0.2, 0.25) is 0 Å². The normalized spacial score (nSPS) is 13.9. The van der Waals surface area contributed by atoms with Gasteiger partial charge in [-0.2, -0.15) is 0 Å². The molecular formula is C14H13N3O2. The largest absolute Gasteiger partial charge is 0.482 e. The van der Waals surface area contributed by atoms with Crippen molar-refractivity contribution in [3.8, 4) is 5.75 Å².